The lowest BCUT2D eigenvalue weighted by Crippen LogP contribution is -2.04. The molecule has 1 aliphatic carbocycles. The van der Waals surface area contributed by atoms with E-state index >= 15 is 0 Å². The van der Waals surface area contributed by atoms with Crippen LogP contribution in [0.15, 0.2) is 10.7 Å². The van der Waals surface area contributed by atoms with Crippen LogP contribution in [0.3, 0.4) is 0 Å². The molecule has 1 aliphatic rings. The minimum absolute atomic E-state index is 0.861. The average molecular weight is 180 g/mol. The fourth-order valence-corrected chi connectivity index (χ4v) is 1.59. The first kappa shape index (κ1) is 8.60. The molecule has 0 saturated heterocycles. The van der Waals surface area contributed by atoms with Crippen LogP contribution < -0.4 is 5.32 Å². The minimum atomic E-state index is 0.861. The van der Waals surface area contributed by atoms with Gasteiger partial charge in [-0.2, -0.15) is 0 Å². The van der Waals surface area contributed by atoms with E-state index in [-0.39, 0.29) is 0 Å². The summed E-state index contributed by atoms with van der Waals surface area (Å²) in [6.07, 6.45) is 4.04. The number of nitrogens with one attached hydrogen (secondary N) is 1. The normalized spacial score (nSPS) is 26.0. The van der Waals surface area contributed by atoms with Gasteiger partial charge in [-0.3, -0.25) is 0 Å². The molecule has 1 aromatic heterocycles. The quantitative estimate of drug-likeness (QED) is 0.772. The molecule has 3 heteroatoms. The molecule has 2 unspecified atom stereocenters. The molecule has 13 heavy (non-hydrogen) atoms. The highest BCUT2D eigenvalue weighted by Crippen LogP contribution is 2.37. The molecule has 0 spiro atoms. The van der Waals surface area contributed by atoms with E-state index in [1.165, 1.54) is 6.42 Å². The van der Waals surface area contributed by atoms with Crippen LogP contribution in [0.25, 0.3) is 0 Å². The van der Waals surface area contributed by atoms with Gasteiger partial charge in [-0.15, -0.1) is 0 Å². The Labute approximate surface area is 78.5 Å². The summed E-state index contributed by atoms with van der Waals surface area (Å²) in [6, 6.07) is 0. The molecule has 0 aromatic carbocycles. The van der Waals surface area contributed by atoms with E-state index in [2.05, 4.69) is 24.3 Å². The molecule has 1 N–H and O–H groups in total. The van der Waals surface area contributed by atoms with Crippen molar-refractivity contribution in [2.24, 2.45) is 11.8 Å². The molecule has 3 nitrogen and oxygen atoms in total. The maximum Gasteiger partial charge on any atom is 0.159 e. The lowest BCUT2D eigenvalue weighted by molar-refractivity contribution is 0.387. The van der Waals surface area contributed by atoms with E-state index < -0.39 is 0 Å². The minimum Gasteiger partial charge on any atom is -0.381 e. The van der Waals surface area contributed by atoms with Gasteiger partial charge in [0.1, 0.15) is 0 Å². The highest BCUT2D eigenvalue weighted by Gasteiger charge is 2.32. The van der Waals surface area contributed by atoms with Crippen LogP contribution in [-0.4, -0.2) is 11.7 Å². The summed E-state index contributed by atoms with van der Waals surface area (Å²) < 4.78 is 5.08. The summed E-state index contributed by atoms with van der Waals surface area (Å²) >= 11 is 0. The number of anilines is 1. The molecular weight excluding hydrogens is 164 g/mol. The third-order valence-corrected chi connectivity index (χ3v) is 2.80. The van der Waals surface area contributed by atoms with Crippen molar-refractivity contribution < 1.29 is 4.52 Å². The van der Waals surface area contributed by atoms with Gasteiger partial charge in [-0.05, 0) is 18.3 Å². The Morgan fingerprint density at radius 1 is 1.69 bits per heavy atom. The van der Waals surface area contributed by atoms with Crippen LogP contribution >= 0.6 is 0 Å². The molecule has 1 aromatic rings. The first-order valence-electron chi connectivity index (χ1n) is 4.98. The third-order valence-electron chi connectivity index (χ3n) is 2.80. The molecule has 2 rings (SSSR count). The molecule has 0 radical (unpaired) electrons. The van der Waals surface area contributed by atoms with Crippen LogP contribution in [0, 0.1) is 11.8 Å². The molecule has 1 heterocycles. The van der Waals surface area contributed by atoms with Crippen LogP contribution in [-0.2, 0) is 6.42 Å². The van der Waals surface area contributed by atoms with Crippen LogP contribution in [0.2, 0.25) is 0 Å². The Hall–Kier alpha value is -0.990. The number of hydrogen-bond donors (Lipinski definition) is 1. The van der Waals surface area contributed by atoms with Crippen molar-refractivity contribution in [3.63, 3.8) is 0 Å². The van der Waals surface area contributed by atoms with E-state index in [4.69, 9.17) is 4.52 Å². The third kappa shape index (κ3) is 1.85. The average Bonchev–Trinajstić information content (AvgIpc) is 2.68. The SMILES string of the molecule is CCc1oncc1NCC1CC1C. The lowest BCUT2D eigenvalue weighted by atomic mass is 10.3. The maximum atomic E-state index is 5.08. The second-order valence-corrected chi connectivity index (χ2v) is 3.87. The molecule has 1 fully saturated rings. The Morgan fingerprint density at radius 3 is 3.08 bits per heavy atom. The zero-order valence-electron chi connectivity index (χ0n) is 8.21. The van der Waals surface area contributed by atoms with Crippen LogP contribution in [0.4, 0.5) is 5.69 Å². The smallest absolute Gasteiger partial charge is 0.159 e. The predicted molar refractivity (Wildman–Crippen MR) is 51.6 cm³/mol. The summed E-state index contributed by atoms with van der Waals surface area (Å²) in [5, 5.41) is 7.15. The van der Waals surface area contributed by atoms with Gasteiger partial charge in [0.25, 0.3) is 0 Å². The van der Waals surface area contributed by atoms with E-state index in [0.29, 0.717) is 0 Å². The Kier molecular flexibility index (Phi) is 2.25. The van der Waals surface area contributed by atoms with Gasteiger partial charge in [0, 0.05) is 13.0 Å². The molecule has 1 saturated carbocycles. The second-order valence-electron chi connectivity index (χ2n) is 3.87. The predicted octanol–water partition coefficient (Wildman–Crippen LogP) is 2.30. The van der Waals surface area contributed by atoms with E-state index in [9.17, 15) is 0 Å². The Bertz CT molecular complexity index is 282. The van der Waals surface area contributed by atoms with Crippen molar-refractivity contribution in [3.05, 3.63) is 12.0 Å². The monoisotopic (exact) mass is 180 g/mol. The highest BCUT2D eigenvalue weighted by molar-refractivity contribution is 5.44. The molecular formula is C10H16N2O. The lowest BCUT2D eigenvalue weighted by Gasteiger charge is -2.02. The summed E-state index contributed by atoms with van der Waals surface area (Å²) in [5.41, 5.74) is 1.07. The van der Waals surface area contributed by atoms with Gasteiger partial charge in [-0.1, -0.05) is 19.0 Å². The van der Waals surface area contributed by atoms with Gasteiger partial charge in [0.15, 0.2) is 5.76 Å². The Morgan fingerprint density at radius 2 is 2.46 bits per heavy atom. The summed E-state index contributed by atoms with van der Waals surface area (Å²) in [7, 11) is 0. The summed E-state index contributed by atoms with van der Waals surface area (Å²) in [4.78, 5) is 0. The second kappa shape index (κ2) is 3.40. The standard InChI is InChI=1S/C10H16N2O/c1-3-10-9(6-12-13-10)11-5-8-4-7(8)2/h6-8,11H,3-5H2,1-2H3. The number of hydrogen-bond acceptors (Lipinski definition) is 3. The summed E-state index contributed by atoms with van der Waals surface area (Å²) in [5.74, 6) is 2.73. The van der Waals surface area contributed by atoms with Crippen molar-refractivity contribution in [1.29, 1.82) is 0 Å². The van der Waals surface area contributed by atoms with Gasteiger partial charge in [-0.25, -0.2) is 0 Å². The highest BCUT2D eigenvalue weighted by atomic mass is 16.5. The van der Waals surface area contributed by atoms with Gasteiger partial charge in [0.05, 0.1) is 11.9 Å². The fourth-order valence-electron chi connectivity index (χ4n) is 1.59. The topological polar surface area (TPSA) is 38.1 Å². The maximum absolute atomic E-state index is 5.08. The van der Waals surface area contributed by atoms with Crippen molar-refractivity contribution in [2.45, 2.75) is 26.7 Å². The summed E-state index contributed by atoms with van der Waals surface area (Å²) in [6.45, 7) is 5.43. The van der Waals surface area contributed by atoms with Crippen molar-refractivity contribution in [1.82, 2.24) is 5.16 Å². The first-order chi connectivity index (χ1) is 6.31. The zero-order valence-corrected chi connectivity index (χ0v) is 8.21. The number of aromatic nitrogens is 1. The largest absolute Gasteiger partial charge is 0.381 e. The van der Waals surface area contributed by atoms with E-state index in [0.717, 1.165) is 36.2 Å². The number of aryl methyl sites for hydroxylation is 1. The van der Waals surface area contributed by atoms with E-state index in [1.54, 1.807) is 6.20 Å². The molecule has 2 atom stereocenters. The first-order valence-corrected chi connectivity index (χ1v) is 4.98. The van der Waals surface area contributed by atoms with E-state index in [1.807, 2.05) is 0 Å². The molecule has 72 valence electrons. The van der Waals surface area contributed by atoms with Crippen molar-refractivity contribution in [2.75, 3.05) is 11.9 Å². The van der Waals surface area contributed by atoms with Crippen molar-refractivity contribution >= 4 is 5.69 Å². The Balaban J connectivity index is 1.86. The molecule has 0 bridgehead atoms. The van der Waals surface area contributed by atoms with Gasteiger partial charge >= 0.3 is 0 Å². The molecule has 0 aliphatic heterocycles. The van der Waals surface area contributed by atoms with Gasteiger partial charge in [0.2, 0.25) is 0 Å². The number of rotatable bonds is 4. The van der Waals surface area contributed by atoms with Crippen molar-refractivity contribution in [3.8, 4) is 0 Å². The molecule has 0 amide bonds. The van der Waals surface area contributed by atoms with Crippen LogP contribution in [0.5, 0.6) is 0 Å². The van der Waals surface area contributed by atoms with Crippen LogP contribution in [0.1, 0.15) is 26.0 Å². The zero-order chi connectivity index (χ0) is 9.26. The number of nitrogens with zero attached hydrogens (tertiary/aromatic N) is 1. The van der Waals surface area contributed by atoms with Gasteiger partial charge < -0.3 is 9.84 Å². The fraction of sp³-hybridized carbons (Fsp3) is 0.700.